The second-order valence-electron chi connectivity index (χ2n) is 15.8. The van der Waals surface area contributed by atoms with Crippen molar-refractivity contribution in [3.63, 3.8) is 0 Å². The number of benzene rings is 2. The van der Waals surface area contributed by atoms with E-state index in [1.54, 1.807) is 12.1 Å². The zero-order valence-electron chi connectivity index (χ0n) is 33.7. The molecular formula is C42H63AsN6O8S. The van der Waals surface area contributed by atoms with Crippen molar-refractivity contribution in [2.75, 3.05) is 96.1 Å². The molecule has 16 heteroatoms. The van der Waals surface area contributed by atoms with Crippen LogP contribution in [0.4, 0.5) is 10.5 Å². The Morgan fingerprint density at radius 1 is 0.862 bits per heavy atom. The number of fused-ring (bicyclic) bond motifs is 1. The number of rotatable bonds is 24. The van der Waals surface area contributed by atoms with Gasteiger partial charge in [-0.15, -0.1) is 0 Å². The molecule has 0 saturated carbocycles. The predicted octanol–water partition coefficient (Wildman–Crippen LogP) is 1.83. The van der Waals surface area contributed by atoms with E-state index in [2.05, 4.69) is 50.0 Å². The molecule has 14 nitrogen and oxygen atoms in total. The quantitative estimate of drug-likeness (QED) is 0.0594. The van der Waals surface area contributed by atoms with Gasteiger partial charge in [-0.1, -0.05) is 24.6 Å². The minimum absolute atomic E-state index is 0.0455. The molecule has 4 atom stereocenters. The van der Waals surface area contributed by atoms with Gasteiger partial charge in [-0.2, -0.15) is 11.8 Å². The van der Waals surface area contributed by atoms with Gasteiger partial charge in [0.2, 0.25) is 5.91 Å². The monoisotopic (exact) mass is 886 g/mol. The van der Waals surface area contributed by atoms with Crippen molar-refractivity contribution in [2.24, 2.45) is 11.8 Å². The number of amides is 4. The zero-order chi connectivity index (χ0) is 40.5. The first-order valence-electron chi connectivity index (χ1n) is 21.1. The average molecular weight is 887 g/mol. The molecule has 6 rings (SSSR count). The first kappa shape index (κ1) is 44.8. The second kappa shape index (κ2) is 23.9. The molecule has 2 aromatic rings. The van der Waals surface area contributed by atoms with E-state index in [-0.39, 0.29) is 35.8 Å². The summed E-state index contributed by atoms with van der Waals surface area (Å²) >= 11 is -1.07. The summed E-state index contributed by atoms with van der Waals surface area (Å²) in [4.78, 5) is 44.5. The van der Waals surface area contributed by atoms with E-state index in [1.807, 2.05) is 34.9 Å². The van der Waals surface area contributed by atoms with Gasteiger partial charge in [0.15, 0.2) is 0 Å². The Morgan fingerprint density at radius 2 is 1.57 bits per heavy atom. The molecule has 0 bridgehead atoms. The van der Waals surface area contributed by atoms with Crippen molar-refractivity contribution in [3.8, 4) is 0 Å². The van der Waals surface area contributed by atoms with Gasteiger partial charge in [-0.05, 0) is 12.8 Å². The van der Waals surface area contributed by atoms with Crippen LogP contribution in [-0.4, -0.2) is 160 Å². The Labute approximate surface area is 353 Å². The Bertz CT molecular complexity index is 1560. The number of nitrogens with one attached hydrogen (secondary N) is 3. The Hall–Kier alpha value is -2.72. The van der Waals surface area contributed by atoms with Crippen molar-refractivity contribution in [3.05, 3.63) is 60.2 Å². The molecule has 320 valence electrons. The number of urea groups is 1. The van der Waals surface area contributed by atoms with Gasteiger partial charge in [0.05, 0.1) is 45.1 Å². The van der Waals surface area contributed by atoms with Crippen LogP contribution in [0, 0.1) is 11.8 Å². The van der Waals surface area contributed by atoms with Gasteiger partial charge in [0.1, 0.15) is 0 Å². The zero-order valence-corrected chi connectivity index (χ0v) is 36.4. The van der Waals surface area contributed by atoms with Gasteiger partial charge in [-0.25, -0.2) is 4.79 Å². The molecule has 4 fully saturated rings. The molecule has 4 aliphatic heterocycles. The molecule has 2 aromatic carbocycles. The molecule has 4 heterocycles. The molecule has 0 unspecified atom stereocenters. The third kappa shape index (κ3) is 14.2. The Morgan fingerprint density at radius 3 is 2.31 bits per heavy atom. The molecule has 0 aromatic heterocycles. The van der Waals surface area contributed by atoms with E-state index in [0.717, 1.165) is 89.2 Å². The van der Waals surface area contributed by atoms with E-state index in [4.69, 9.17) is 14.2 Å². The number of thioether (sulfide) groups is 1. The molecule has 5 N–H and O–H groups in total. The van der Waals surface area contributed by atoms with E-state index in [1.165, 1.54) is 5.56 Å². The van der Waals surface area contributed by atoms with Gasteiger partial charge in [0.25, 0.3) is 0 Å². The van der Waals surface area contributed by atoms with Crippen LogP contribution in [0.3, 0.4) is 0 Å². The van der Waals surface area contributed by atoms with Crippen molar-refractivity contribution in [1.29, 1.82) is 0 Å². The van der Waals surface area contributed by atoms with Crippen molar-refractivity contribution in [2.45, 2.75) is 68.8 Å². The van der Waals surface area contributed by atoms with E-state index >= 15 is 0 Å². The summed E-state index contributed by atoms with van der Waals surface area (Å²) in [5, 5.41) is 9.33. The molecule has 4 aliphatic rings. The van der Waals surface area contributed by atoms with Gasteiger partial charge in [0, 0.05) is 24.0 Å². The van der Waals surface area contributed by atoms with Crippen LogP contribution in [0.5, 0.6) is 0 Å². The third-order valence-electron chi connectivity index (χ3n) is 11.6. The molecule has 0 radical (unpaired) electrons. The van der Waals surface area contributed by atoms with Crippen LogP contribution < -0.4 is 25.2 Å². The number of likely N-dealkylation sites (tertiary alicyclic amines) is 2. The number of nitrogens with zero attached hydrogens (tertiary/aromatic N) is 3. The maximum atomic E-state index is 14.1. The number of carbonyl (C=O) groups excluding carboxylic acids is 3. The number of anilines is 1. The number of ether oxygens (including phenoxy) is 3. The van der Waals surface area contributed by atoms with E-state index < -0.39 is 15.3 Å². The number of piperidine rings is 1. The van der Waals surface area contributed by atoms with E-state index in [9.17, 15) is 22.6 Å². The Kier molecular flexibility index (Phi) is 18.5. The van der Waals surface area contributed by atoms with Crippen molar-refractivity contribution < 1.29 is 36.8 Å². The van der Waals surface area contributed by atoms with Gasteiger partial charge in [-0.3, -0.25) is 4.79 Å². The van der Waals surface area contributed by atoms with Crippen LogP contribution in [0.15, 0.2) is 54.6 Å². The fraction of sp³-hybridized carbons (Fsp3) is 0.643. The third-order valence-corrected chi connectivity index (χ3v) is 14.7. The predicted molar refractivity (Wildman–Crippen MR) is 227 cm³/mol. The summed E-state index contributed by atoms with van der Waals surface area (Å²) in [5.41, 5.74) is 2.09. The molecule has 4 saturated heterocycles. The molecule has 58 heavy (non-hydrogen) atoms. The van der Waals surface area contributed by atoms with Crippen LogP contribution in [0.25, 0.3) is 0 Å². The maximum absolute atomic E-state index is 14.1. The first-order valence-corrected chi connectivity index (χ1v) is 24.8. The molecule has 0 aliphatic carbocycles. The van der Waals surface area contributed by atoms with Crippen LogP contribution in [0.2, 0.25) is 0 Å². The number of unbranched alkanes of at least 4 members (excludes halogenated alkanes) is 1. The van der Waals surface area contributed by atoms with E-state index in [0.29, 0.717) is 74.7 Å². The number of hydrogen-bond donors (Lipinski definition) is 5. The standard InChI is InChI=1S/C42H63AsN6O8S/c50-39(9-5-4-8-38-40-37(31-58-38)45-42(52)46-40)44-17-22-55-24-26-57-27-25-56-23-21-47-18-14-33(15-19-47)29-49(36-12-10-35(11-13-36)43(53)54)41(51)34-16-20-48(30-34)28-32-6-2-1-3-7-32/h1-3,6-7,10-13,33-34,37-38,40,53-54H,4-5,8-9,14-31H2,(H,44,50)(H2,45,46,52)/t34-,37-,38-,40-/m1/s1. The molecular weight excluding hydrogens is 823 g/mol. The van der Waals surface area contributed by atoms with Crippen LogP contribution in [0.1, 0.15) is 50.5 Å². The summed E-state index contributed by atoms with van der Waals surface area (Å²) in [6, 6.07) is 18.1. The Balaban J connectivity index is 0.777. The summed E-state index contributed by atoms with van der Waals surface area (Å²) in [6.45, 7) is 9.46. The molecule has 0 spiro atoms. The van der Waals surface area contributed by atoms with Crippen LogP contribution in [-0.2, 0) is 30.3 Å². The summed E-state index contributed by atoms with van der Waals surface area (Å²) in [7, 11) is 0. The van der Waals surface area contributed by atoms with Crippen molar-refractivity contribution >= 4 is 55.0 Å². The fourth-order valence-corrected chi connectivity index (χ4v) is 10.8. The summed E-state index contributed by atoms with van der Waals surface area (Å²) < 4.78 is 37.2. The fourth-order valence-electron chi connectivity index (χ4n) is 8.34. The molecule has 4 amide bonds. The minimum atomic E-state index is -2.97. The average Bonchev–Trinajstić information content (AvgIpc) is 3.96. The first-order chi connectivity index (χ1) is 28.3. The summed E-state index contributed by atoms with van der Waals surface area (Å²) in [5.74, 6) is 1.49. The van der Waals surface area contributed by atoms with Gasteiger partial charge >= 0.3 is 190 Å². The summed E-state index contributed by atoms with van der Waals surface area (Å²) in [6.07, 6.45) is 6.17. The van der Waals surface area contributed by atoms with Crippen molar-refractivity contribution in [1.82, 2.24) is 25.8 Å². The number of hydrogen-bond acceptors (Lipinski definition) is 11. The normalized spacial score (nSPS) is 22.6. The SMILES string of the molecule is O=C(CCCC[C@H]1SC[C@H]2NC(=O)N[C@H]21)NCCOCCOCCOCCN1CCC(CN(C(=O)[C@@H]2CCN(Cc3ccccc3)C2)c2ccc([As](O)O)cc2)CC1. The topological polar surface area (TPSA) is 165 Å². The second-order valence-corrected chi connectivity index (χ2v) is 19.4. The van der Waals surface area contributed by atoms with Gasteiger partial charge < -0.3 is 30.2 Å². The van der Waals surface area contributed by atoms with Crippen LogP contribution >= 0.6 is 11.8 Å². The number of carbonyl (C=O) groups is 3.